The zero-order valence-electron chi connectivity index (χ0n) is 18.7. The van der Waals surface area contributed by atoms with E-state index in [4.69, 9.17) is 0 Å². The molecule has 0 amide bonds. The van der Waals surface area contributed by atoms with E-state index >= 15 is 0 Å². The van der Waals surface area contributed by atoms with Crippen molar-refractivity contribution >= 4 is 43.1 Å². The Morgan fingerprint density at radius 3 is 1.00 bits per heavy atom. The lowest BCUT2D eigenvalue weighted by Crippen LogP contribution is -1.84. The standard InChI is InChI=1S/C34H22/c1-3-8-25-19-33-21-29(12-14-31(33)17-23(25)6-1)27-10-5-11-28(16-27)30-13-15-32-18-24-7-2-4-9-26(24)20-34(32)22-30/h1-22H. The van der Waals surface area contributed by atoms with Gasteiger partial charge < -0.3 is 0 Å². The fourth-order valence-electron chi connectivity index (χ4n) is 5.12. The fourth-order valence-corrected chi connectivity index (χ4v) is 5.12. The first-order valence-corrected chi connectivity index (χ1v) is 11.8. The topological polar surface area (TPSA) is 0 Å². The highest BCUT2D eigenvalue weighted by molar-refractivity contribution is 6.01. The van der Waals surface area contributed by atoms with Crippen molar-refractivity contribution in [3.05, 3.63) is 133 Å². The molecule has 0 saturated carbocycles. The van der Waals surface area contributed by atoms with E-state index in [-0.39, 0.29) is 0 Å². The molecular weight excluding hydrogens is 408 g/mol. The summed E-state index contributed by atoms with van der Waals surface area (Å²) in [5.41, 5.74) is 4.98. The smallest absolute Gasteiger partial charge is 0.0171 e. The predicted molar refractivity (Wildman–Crippen MR) is 147 cm³/mol. The Kier molecular flexibility index (Phi) is 4.25. The molecule has 158 valence electrons. The zero-order chi connectivity index (χ0) is 22.5. The number of rotatable bonds is 2. The van der Waals surface area contributed by atoms with Crippen molar-refractivity contribution in [1.29, 1.82) is 0 Å². The largest absolute Gasteiger partial charge is 0.0616 e. The molecule has 0 N–H and O–H groups in total. The molecule has 0 heterocycles. The van der Waals surface area contributed by atoms with Crippen molar-refractivity contribution in [1.82, 2.24) is 0 Å². The SMILES string of the molecule is c1cc(-c2ccc3cc4ccccc4cc3c2)cc(-c2ccc3cc4ccccc4cc3c2)c1. The van der Waals surface area contributed by atoms with E-state index < -0.39 is 0 Å². The monoisotopic (exact) mass is 430 g/mol. The van der Waals surface area contributed by atoms with E-state index in [1.807, 2.05) is 0 Å². The van der Waals surface area contributed by atoms with Gasteiger partial charge in [0.05, 0.1) is 0 Å². The van der Waals surface area contributed by atoms with Gasteiger partial charge in [0.1, 0.15) is 0 Å². The second-order valence-corrected chi connectivity index (χ2v) is 9.10. The minimum Gasteiger partial charge on any atom is -0.0616 e. The first-order chi connectivity index (χ1) is 16.8. The van der Waals surface area contributed by atoms with Crippen LogP contribution in [0.25, 0.3) is 65.3 Å². The van der Waals surface area contributed by atoms with Crippen LogP contribution in [0, 0.1) is 0 Å². The zero-order valence-corrected chi connectivity index (χ0v) is 18.7. The van der Waals surface area contributed by atoms with Gasteiger partial charge in [0.25, 0.3) is 0 Å². The van der Waals surface area contributed by atoms with Gasteiger partial charge in [0.15, 0.2) is 0 Å². The molecule has 7 rings (SSSR count). The average molecular weight is 431 g/mol. The maximum Gasteiger partial charge on any atom is -0.0171 e. The van der Waals surface area contributed by atoms with Crippen LogP contribution in [-0.4, -0.2) is 0 Å². The molecule has 0 aliphatic rings. The van der Waals surface area contributed by atoms with Crippen molar-refractivity contribution in [3.8, 4) is 22.3 Å². The number of hydrogen-bond donors (Lipinski definition) is 0. The Bertz CT molecular complexity index is 1720. The molecule has 0 bridgehead atoms. The molecule has 0 heteroatoms. The van der Waals surface area contributed by atoms with Crippen LogP contribution in [0.5, 0.6) is 0 Å². The van der Waals surface area contributed by atoms with E-state index in [0.29, 0.717) is 0 Å². The van der Waals surface area contributed by atoms with Gasteiger partial charge in [0, 0.05) is 0 Å². The maximum atomic E-state index is 2.31. The molecule has 0 fully saturated rings. The quantitative estimate of drug-likeness (QED) is 0.239. The summed E-state index contributed by atoms with van der Waals surface area (Å²) in [6.07, 6.45) is 0. The second kappa shape index (κ2) is 7.57. The van der Waals surface area contributed by atoms with E-state index in [0.717, 1.165) is 0 Å². The molecule has 7 aromatic carbocycles. The molecule has 0 aliphatic carbocycles. The Morgan fingerprint density at radius 1 is 0.206 bits per heavy atom. The number of hydrogen-bond acceptors (Lipinski definition) is 0. The first-order valence-electron chi connectivity index (χ1n) is 11.8. The highest BCUT2D eigenvalue weighted by atomic mass is 14.1. The van der Waals surface area contributed by atoms with Crippen molar-refractivity contribution < 1.29 is 0 Å². The van der Waals surface area contributed by atoms with Crippen LogP contribution >= 0.6 is 0 Å². The number of benzene rings is 7. The number of fused-ring (bicyclic) bond motifs is 4. The molecule has 0 radical (unpaired) electrons. The van der Waals surface area contributed by atoms with Gasteiger partial charge in [-0.1, -0.05) is 91.0 Å². The average Bonchev–Trinajstić information content (AvgIpc) is 2.90. The van der Waals surface area contributed by atoms with Gasteiger partial charge in [-0.3, -0.25) is 0 Å². The second-order valence-electron chi connectivity index (χ2n) is 9.10. The summed E-state index contributed by atoms with van der Waals surface area (Å²) >= 11 is 0. The van der Waals surface area contributed by atoms with Crippen LogP contribution in [0.2, 0.25) is 0 Å². The van der Waals surface area contributed by atoms with E-state index in [2.05, 4.69) is 133 Å². The molecule has 0 aliphatic heterocycles. The van der Waals surface area contributed by atoms with Crippen molar-refractivity contribution in [2.45, 2.75) is 0 Å². The van der Waals surface area contributed by atoms with Crippen molar-refractivity contribution in [3.63, 3.8) is 0 Å². The maximum absolute atomic E-state index is 2.31. The van der Waals surface area contributed by atoms with Crippen LogP contribution < -0.4 is 0 Å². The molecule has 34 heavy (non-hydrogen) atoms. The first kappa shape index (κ1) is 19.1. The van der Waals surface area contributed by atoms with Gasteiger partial charge in [-0.15, -0.1) is 0 Å². The third-order valence-corrected chi connectivity index (χ3v) is 6.94. The molecule has 7 aromatic rings. The Hall–Kier alpha value is -4.42. The highest BCUT2D eigenvalue weighted by Crippen LogP contribution is 2.32. The van der Waals surface area contributed by atoms with Crippen LogP contribution in [0.1, 0.15) is 0 Å². The minimum atomic E-state index is 1.24. The lowest BCUT2D eigenvalue weighted by Gasteiger charge is -2.10. The van der Waals surface area contributed by atoms with Crippen LogP contribution in [0.4, 0.5) is 0 Å². The summed E-state index contributed by atoms with van der Waals surface area (Å²) < 4.78 is 0. The molecule has 0 spiro atoms. The van der Waals surface area contributed by atoms with Gasteiger partial charge >= 0.3 is 0 Å². The van der Waals surface area contributed by atoms with Crippen LogP contribution in [-0.2, 0) is 0 Å². The van der Waals surface area contributed by atoms with Crippen molar-refractivity contribution in [2.24, 2.45) is 0 Å². The van der Waals surface area contributed by atoms with Gasteiger partial charge in [0.2, 0.25) is 0 Å². The molecule has 0 saturated heterocycles. The fraction of sp³-hybridized carbons (Fsp3) is 0. The molecule has 0 unspecified atom stereocenters. The van der Waals surface area contributed by atoms with Gasteiger partial charge in [-0.25, -0.2) is 0 Å². The summed E-state index contributed by atoms with van der Waals surface area (Å²) in [4.78, 5) is 0. The lowest BCUT2D eigenvalue weighted by atomic mass is 9.95. The Morgan fingerprint density at radius 2 is 0.559 bits per heavy atom. The molecule has 0 nitrogen and oxygen atoms in total. The third kappa shape index (κ3) is 3.24. The van der Waals surface area contributed by atoms with Gasteiger partial charge in [-0.2, -0.15) is 0 Å². The molecule has 0 atom stereocenters. The summed E-state index contributed by atoms with van der Waals surface area (Å²) in [7, 11) is 0. The lowest BCUT2D eigenvalue weighted by molar-refractivity contribution is 1.62. The predicted octanol–water partition coefficient (Wildman–Crippen LogP) is 9.63. The highest BCUT2D eigenvalue weighted by Gasteiger charge is 2.06. The molecular formula is C34H22. The van der Waals surface area contributed by atoms with Gasteiger partial charge in [-0.05, 0) is 108 Å². The van der Waals surface area contributed by atoms with Crippen LogP contribution in [0.15, 0.2) is 133 Å². The Balaban J connectivity index is 1.32. The van der Waals surface area contributed by atoms with E-state index in [1.54, 1.807) is 0 Å². The third-order valence-electron chi connectivity index (χ3n) is 6.94. The summed E-state index contributed by atoms with van der Waals surface area (Å²) in [6, 6.07) is 48.8. The summed E-state index contributed by atoms with van der Waals surface area (Å²) in [5, 5.41) is 10.2. The van der Waals surface area contributed by atoms with Crippen LogP contribution in [0.3, 0.4) is 0 Å². The normalized spacial score (nSPS) is 11.5. The van der Waals surface area contributed by atoms with E-state index in [1.165, 1.54) is 65.3 Å². The van der Waals surface area contributed by atoms with Crippen molar-refractivity contribution in [2.75, 3.05) is 0 Å². The summed E-state index contributed by atoms with van der Waals surface area (Å²) in [5.74, 6) is 0. The summed E-state index contributed by atoms with van der Waals surface area (Å²) in [6.45, 7) is 0. The Labute approximate surface area is 198 Å². The minimum absolute atomic E-state index is 1.24. The molecule has 0 aromatic heterocycles. The van der Waals surface area contributed by atoms with E-state index in [9.17, 15) is 0 Å².